The van der Waals surface area contributed by atoms with E-state index in [1.807, 2.05) is 19.3 Å². The van der Waals surface area contributed by atoms with Gasteiger partial charge in [0, 0.05) is 18.1 Å². The van der Waals surface area contributed by atoms with E-state index in [4.69, 9.17) is 4.74 Å². The highest BCUT2D eigenvalue weighted by atomic mass is 16.5. The topological polar surface area (TPSA) is 34.2 Å². The van der Waals surface area contributed by atoms with Crippen LogP contribution >= 0.6 is 0 Å². The normalized spacial score (nSPS) is 15.2. The van der Waals surface area contributed by atoms with Gasteiger partial charge < -0.3 is 10.1 Å². The Kier molecular flexibility index (Phi) is 4.16. The highest BCUT2D eigenvalue weighted by Gasteiger charge is 2.17. The summed E-state index contributed by atoms with van der Waals surface area (Å²) >= 11 is 0. The van der Waals surface area contributed by atoms with Crippen molar-refractivity contribution in [3.63, 3.8) is 0 Å². The number of rotatable bonds is 6. The van der Waals surface area contributed by atoms with Gasteiger partial charge in [0.05, 0.1) is 6.61 Å². The number of ether oxygens (including phenoxy) is 1. The second-order valence-corrected chi connectivity index (χ2v) is 5.60. The summed E-state index contributed by atoms with van der Waals surface area (Å²) in [5.74, 6) is 1.66. The summed E-state index contributed by atoms with van der Waals surface area (Å²) in [4.78, 5) is 4.50. The van der Waals surface area contributed by atoms with Crippen LogP contribution in [0.3, 0.4) is 0 Å². The van der Waals surface area contributed by atoms with Crippen molar-refractivity contribution in [2.75, 3.05) is 13.7 Å². The Bertz CT molecular complexity index is 578. The van der Waals surface area contributed by atoms with Crippen molar-refractivity contribution in [3.05, 3.63) is 36.0 Å². The van der Waals surface area contributed by atoms with E-state index in [1.165, 1.54) is 30.2 Å². The Balaban J connectivity index is 1.77. The van der Waals surface area contributed by atoms with Gasteiger partial charge in [-0.1, -0.05) is 37.5 Å². The Labute approximate surface area is 120 Å². The van der Waals surface area contributed by atoms with Crippen molar-refractivity contribution in [2.45, 2.75) is 32.2 Å². The summed E-state index contributed by atoms with van der Waals surface area (Å²) in [6.45, 7) is 1.61. The van der Waals surface area contributed by atoms with Gasteiger partial charge in [-0.25, -0.2) is 4.98 Å². The van der Waals surface area contributed by atoms with Crippen LogP contribution in [0.15, 0.2) is 30.5 Å². The van der Waals surface area contributed by atoms with Crippen LogP contribution in [0.5, 0.6) is 5.88 Å². The molecule has 106 valence electrons. The lowest BCUT2D eigenvalue weighted by molar-refractivity contribution is 0.219. The second kappa shape index (κ2) is 6.23. The molecule has 1 aliphatic carbocycles. The average molecular weight is 270 g/mol. The van der Waals surface area contributed by atoms with Crippen molar-refractivity contribution in [1.82, 2.24) is 10.3 Å². The number of aromatic nitrogens is 1. The monoisotopic (exact) mass is 270 g/mol. The minimum absolute atomic E-state index is 0.778. The smallest absolute Gasteiger partial charge is 0.221 e. The minimum Gasteiger partial charge on any atom is -0.477 e. The number of hydrogen-bond donors (Lipinski definition) is 1. The van der Waals surface area contributed by atoms with E-state index in [0.717, 1.165) is 36.8 Å². The third-order valence-electron chi connectivity index (χ3n) is 4.20. The Morgan fingerprint density at radius 1 is 1.25 bits per heavy atom. The van der Waals surface area contributed by atoms with E-state index in [0.29, 0.717) is 0 Å². The summed E-state index contributed by atoms with van der Waals surface area (Å²) < 4.78 is 5.93. The molecule has 1 aromatic heterocycles. The average Bonchev–Trinajstić information content (AvgIpc) is 2.44. The van der Waals surface area contributed by atoms with Crippen LogP contribution in [0.1, 0.15) is 31.2 Å². The molecule has 1 N–H and O–H groups in total. The highest BCUT2D eigenvalue weighted by Crippen LogP contribution is 2.30. The molecule has 0 spiro atoms. The lowest BCUT2D eigenvalue weighted by Gasteiger charge is -2.25. The Hall–Kier alpha value is -1.61. The third kappa shape index (κ3) is 2.78. The molecule has 0 bridgehead atoms. The molecular weight excluding hydrogens is 248 g/mol. The van der Waals surface area contributed by atoms with Crippen molar-refractivity contribution < 1.29 is 4.74 Å². The number of fused-ring (bicyclic) bond motifs is 1. The predicted octanol–water partition coefficient (Wildman–Crippen LogP) is 3.52. The number of pyridine rings is 1. The van der Waals surface area contributed by atoms with E-state index in [-0.39, 0.29) is 0 Å². The molecule has 1 heterocycles. The van der Waals surface area contributed by atoms with Crippen LogP contribution in [-0.4, -0.2) is 18.6 Å². The SMILES string of the molecule is CNCc1cnc(OCCC2CCC2)c2ccccc12. The molecule has 0 atom stereocenters. The van der Waals surface area contributed by atoms with Gasteiger partial charge in [-0.05, 0) is 36.4 Å². The van der Waals surface area contributed by atoms with Gasteiger partial charge in [-0.2, -0.15) is 0 Å². The van der Waals surface area contributed by atoms with Gasteiger partial charge in [-0.3, -0.25) is 0 Å². The molecule has 3 rings (SSSR count). The van der Waals surface area contributed by atoms with Crippen molar-refractivity contribution in [2.24, 2.45) is 5.92 Å². The summed E-state index contributed by atoms with van der Waals surface area (Å²) in [5, 5.41) is 5.54. The molecule has 1 aromatic carbocycles. The van der Waals surface area contributed by atoms with Crippen LogP contribution in [0.4, 0.5) is 0 Å². The summed E-state index contributed by atoms with van der Waals surface area (Å²) in [6.07, 6.45) is 7.23. The zero-order chi connectivity index (χ0) is 13.8. The molecule has 1 saturated carbocycles. The van der Waals surface area contributed by atoms with Gasteiger partial charge in [0.2, 0.25) is 5.88 Å². The van der Waals surface area contributed by atoms with E-state index in [2.05, 4.69) is 28.5 Å². The Morgan fingerprint density at radius 3 is 2.75 bits per heavy atom. The highest BCUT2D eigenvalue weighted by molar-refractivity contribution is 5.89. The van der Waals surface area contributed by atoms with Crippen LogP contribution in [0.25, 0.3) is 10.8 Å². The minimum atomic E-state index is 0.778. The molecule has 3 nitrogen and oxygen atoms in total. The van der Waals surface area contributed by atoms with E-state index < -0.39 is 0 Å². The number of hydrogen-bond acceptors (Lipinski definition) is 3. The molecular formula is C17H22N2O. The first-order valence-corrected chi connectivity index (χ1v) is 7.52. The largest absolute Gasteiger partial charge is 0.477 e. The first-order chi connectivity index (χ1) is 9.88. The molecule has 3 heteroatoms. The van der Waals surface area contributed by atoms with Gasteiger partial charge in [0.15, 0.2) is 0 Å². The molecule has 20 heavy (non-hydrogen) atoms. The predicted molar refractivity (Wildman–Crippen MR) is 82.0 cm³/mol. The lowest BCUT2D eigenvalue weighted by atomic mass is 9.83. The zero-order valence-corrected chi connectivity index (χ0v) is 12.1. The molecule has 0 aliphatic heterocycles. The first-order valence-electron chi connectivity index (χ1n) is 7.52. The first kappa shape index (κ1) is 13.4. The maximum atomic E-state index is 5.93. The van der Waals surface area contributed by atoms with E-state index in [1.54, 1.807) is 0 Å². The van der Waals surface area contributed by atoms with Crippen molar-refractivity contribution in [1.29, 1.82) is 0 Å². The molecule has 1 fully saturated rings. The fourth-order valence-corrected chi connectivity index (χ4v) is 2.78. The number of benzene rings is 1. The second-order valence-electron chi connectivity index (χ2n) is 5.60. The molecule has 0 unspecified atom stereocenters. The van der Waals surface area contributed by atoms with Gasteiger partial charge in [0.25, 0.3) is 0 Å². The van der Waals surface area contributed by atoms with Crippen molar-refractivity contribution in [3.8, 4) is 5.88 Å². The number of nitrogens with one attached hydrogen (secondary N) is 1. The van der Waals surface area contributed by atoms with Crippen LogP contribution in [0, 0.1) is 5.92 Å². The standard InChI is InChI=1S/C17H22N2O/c1-18-11-14-12-19-17(16-8-3-2-7-15(14)16)20-10-9-13-5-4-6-13/h2-3,7-8,12-13,18H,4-6,9-11H2,1H3. The third-order valence-corrected chi connectivity index (χ3v) is 4.20. The quantitative estimate of drug-likeness (QED) is 0.872. The number of nitrogens with zero attached hydrogens (tertiary/aromatic N) is 1. The lowest BCUT2D eigenvalue weighted by Crippen LogP contribution is -2.15. The Morgan fingerprint density at radius 2 is 2.05 bits per heavy atom. The maximum absolute atomic E-state index is 5.93. The van der Waals surface area contributed by atoms with Gasteiger partial charge in [-0.15, -0.1) is 0 Å². The summed E-state index contributed by atoms with van der Waals surface area (Å²) in [6, 6.07) is 8.36. The fourth-order valence-electron chi connectivity index (χ4n) is 2.78. The van der Waals surface area contributed by atoms with Crippen molar-refractivity contribution >= 4 is 10.8 Å². The molecule has 0 radical (unpaired) electrons. The molecule has 0 amide bonds. The molecule has 2 aromatic rings. The van der Waals surface area contributed by atoms with Gasteiger partial charge in [0.1, 0.15) is 0 Å². The summed E-state index contributed by atoms with van der Waals surface area (Å²) in [7, 11) is 1.96. The maximum Gasteiger partial charge on any atom is 0.221 e. The van der Waals surface area contributed by atoms with E-state index >= 15 is 0 Å². The van der Waals surface area contributed by atoms with Crippen LogP contribution < -0.4 is 10.1 Å². The van der Waals surface area contributed by atoms with E-state index in [9.17, 15) is 0 Å². The molecule has 1 aliphatic rings. The van der Waals surface area contributed by atoms with Gasteiger partial charge >= 0.3 is 0 Å². The van der Waals surface area contributed by atoms with Crippen LogP contribution in [0.2, 0.25) is 0 Å². The molecule has 0 saturated heterocycles. The summed E-state index contributed by atoms with van der Waals surface area (Å²) in [5.41, 5.74) is 1.22. The van der Waals surface area contributed by atoms with Crippen LogP contribution in [-0.2, 0) is 6.54 Å². The fraction of sp³-hybridized carbons (Fsp3) is 0.471. The zero-order valence-electron chi connectivity index (χ0n) is 12.1.